The molecule has 5 rings (SSSR count). The topological polar surface area (TPSA) is 52.8 Å². The number of rotatable bonds is 11. The van der Waals surface area contributed by atoms with Crippen LogP contribution < -0.4 is 15.0 Å². The lowest BCUT2D eigenvalue weighted by molar-refractivity contribution is 0.120. The van der Waals surface area contributed by atoms with Gasteiger partial charge in [-0.15, -0.1) is 0 Å². The number of H-pyrrole nitrogens is 1. The third kappa shape index (κ3) is 6.32. The number of hydrogen-bond acceptors (Lipinski definition) is 5. The lowest BCUT2D eigenvalue weighted by atomic mass is 10.0. The van der Waals surface area contributed by atoms with Crippen LogP contribution in [0.25, 0.3) is 22.0 Å². The molecule has 4 aromatic rings. The third-order valence-corrected chi connectivity index (χ3v) is 7.39. The summed E-state index contributed by atoms with van der Waals surface area (Å²) in [4.78, 5) is 7.92. The van der Waals surface area contributed by atoms with Crippen molar-refractivity contribution in [2.75, 3.05) is 50.2 Å². The number of anilines is 2. The molecule has 1 aliphatic rings. The van der Waals surface area contributed by atoms with E-state index in [1.807, 2.05) is 6.20 Å². The van der Waals surface area contributed by atoms with Crippen molar-refractivity contribution >= 4 is 22.3 Å². The van der Waals surface area contributed by atoms with Crippen molar-refractivity contribution in [1.82, 2.24) is 9.88 Å². The number of ether oxygens (including phenoxy) is 2. The lowest BCUT2D eigenvalue weighted by Gasteiger charge is -2.24. The minimum absolute atomic E-state index is 0.441. The van der Waals surface area contributed by atoms with Gasteiger partial charge in [0.05, 0.1) is 24.6 Å². The van der Waals surface area contributed by atoms with Crippen LogP contribution in [0, 0.1) is 0 Å². The molecule has 0 bridgehead atoms. The van der Waals surface area contributed by atoms with Gasteiger partial charge in [-0.1, -0.05) is 37.3 Å². The molecule has 1 aliphatic heterocycles. The molecule has 0 amide bonds. The maximum Gasteiger partial charge on any atom is 0.127 e. The van der Waals surface area contributed by atoms with Gasteiger partial charge in [0.25, 0.3) is 0 Å². The van der Waals surface area contributed by atoms with Crippen LogP contribution in [0.2, 0.25) is 0 Å². The predicted octanol–water partition coefficient (Wildman–Crippen LogP) is 6.74. The van der Waals surface area contributed by atoms with Gasteiger partial charge in [0.1, 0.15) is 12.5 Å². The summed E-state index contributed by atoms with van der Waals surface area (Å²) in [5, 5.41) is 4.82. The molecule has 0 saturated carbocycles. The maximum atomic E-state index is 6.38. The Hall–Kier alpha value is -3.48. The second-order valence-corrected chi connectivity index (χ2v) is 10.3. The van der Waals surface area contributed by atoms with Crippen molar-refractivity contribution in [3.8, 4) is 16.9 Å². The average Bonchev–Trinajstić information content (AvgIpc) is 3.35. The molecular formula is C32H40N4O2. The largest absolute Gasteiger partial charge is 0.493 e. The second-order valence-electron chi connectivity index (χ2n) is 10.3. The molecule has 0 radical (unpaired) electrons. The van der Waals surface area contributed by atoms with Crippen molar-refractivity contribution in [1.29, 1.82) is 0 Å². The van der Waals surface area contributed by atoms with Crippen LogP contribution in [0.3, 0.4) is 0 Å². The minimum Gasteiger partial charge on any atom is -0.493 e. The third-order valence-electron chi connectivity index (χ3n) is 7.39. The van der Waals surface area contributed by atoms with E-state index >= 15 is 0 Å². The molecule has 0 aliphatic carbocycles. The van der Waals surface area contributed by atoms with Crippen molar-refractivity contribution in [3.63, 3.8) is 0 Å². The molecule has 0 saturated heterocycles. The molecular weight excluding hydrogens is 472 g/mol. The van der Waals surface area contributed by atoms with Crippen LogP contribution in [-0.2, 0) is 11.3 Å². The van der Waals surface area contributed by atoms with E-state index in [0.717, 1.165) is 60.4 Å². The number of benzene rings is 3. The van der Waals surface area contributed by atoms with Gasteiger partial charge in [0, 0.05) is 36.4 Å². The van der Waals surface area contributed by atoms with Gasteiger partial charge in [-0.25, -0.2) is 0 Å². The summed E-state index contributed by atoms with van der Waals surface area (Å²) >= 11 is 0. The molecule has 6 heteroatoms. The number of nitrogens with one attached hydrogen (secondary N) is 2. The molecule has 38 heavy (non-hydrogen) atoms. The van der Waals surface area contributed by atoms with Gasteiger partial charge in [0.2, 0.25) is 0 Å². The molecule has 3 aromatic carbocycles. The zero-order valence-corrected chi connectivity index (χ0v) is 22.9. The Morgan fingerprint density at radius 2 is 1.95 bits per heavy atom. The van der Waals surface area contributed by atoms with E-state index in [9.17, 15) is 0 Å². The number of aromatic nitrogens is 1. The molecule has 0 spiro atoms. The fourth-order valence-electron chi connectivity index (χ4n) is 5.00. The zero-order chi connectivity index (χ0) is 26.3. The first-order chi connectivity index (χ1) is 18.6. The molecule has 1 aromatic heterocycles. The Kier molecular flexibility index (Phi) is 8.51. The van der Waals surface area contributed by atoms with Crippen LogP contribution in [0.1, 0.15) is 32.3 Å². The first-order valence-electron chi connectivity index (χ1n) is 13.8. The SMILES string of the molecule is CCN(C)CCCOc1cc(COCN2CC[C@@H](C)Nc3ccccc32)ccc1-c1ccc2[nH]ccc2c1. The van der Waals surface area contributed by atoms with Crippen molar-refractivity contribution < 1.29 is 9.47 Å². The summed E-state index contributed by atoms with van der Waals surface area (Å²) in [5.41, 5.74) is 6.91. The minimum atomic E-state index is 0.441. The Bertz CT molecular complexity index is 1330. The molecule has 0 unspecified atom stereocenters. The van der Waals surface area contributed by atoms with E-state index in [4.69, 9.17) is 9.47 Å². The number of hydrogen-bond donors (Lipinski definition) is 2. The van der Waals surface area contributed by atoms with E-state index in [-0.39, 0.29) is 0 Å². The predicted molar refractivity (Wildman–Crippen MR) is 158 cm³/mol. The Morgan fingerprint density at radius 3 is 2.84 bits per heavy atom. The van der Waals surface area contributed by atoms with E-state index in [1.165, 1.54) is 16.8 Å². The monoisotopic (exact) mass is 512 g/mol. The second kappa shape index (κ2) is 12.4. The summed E-state index contributed by atoms with van der Waals surface area (Å²) in [6.45, 7) is 9.22. The summed E-state index contributed by atoms with van der Waals surface area (Å²) in [6, 6.07) is 24.1. The molecule has 6 nitrogen and oxygen atoms in total. The average molecular weight is 513 g/mol. The maximum absolute atomic E-state index is 6.38. The number of aromatic amines is 1. The van der Waals surface area contributed by atoms with E-state index in [2.05, 4.69) is 108 Å². The molecule has 2 heterocycles. The van der Waals surface area contributed by atoms with E-state index < -0.39 is 0 Å². The molecule has 2 N–H and O–H groups in total. The van der Waals surface area contributed by atoms with Crippen LogP contribution in [0.5, 0.6) is 5.75 Å². The summed E-state index contributed by atoms with van der Waals surface area (Å²) in [5.74, 6) is 0.915. The Balaban J connectivity index is 1.30. The van der Waals surface area contributed by atoms with Crippen molar-refractivity contribution in [3.05, 3.63) is 78.5 Å². The molecule has 200 valence electrons. The number of nitrogens with zero attached hydrogens (tertiary/aromatic N) is 2. The van der Waals surface area contributed by atoms with Crippen LogP contribution in [0.15, 0.2) is 72.9 Å². The smallest absolute Gasteiger partial charge is 0.127 e. The standard InChI is InChI=1S/C32H40N4O2/c1-4-35(3)17-7-19-38-32-20-25(10-12-28(32)26-11-13-29-27(21-26)14-16-33-29)22-37-23-36-18-15-24(2)34-30-8-5-6-9-31(30)36/h5-6,8-14,16,20-21,24,33-34H,4,7,15,17-19,22-23H2,1-3H3/t24-/m1/s1. The van der Waals surface area contributed by atoms with Gasteiger partial charge in [0.15, 0.2) is 0 Å². The summed E-state index contributed by atoms with van der Waals surface area (Å²) in [6.07, 6.45) is 4.04. The highest BCUT2D eigenvalue weighted by Gasteiger charge is 2.18. The van der Waals surface area contributed by atoms with Gasteiger partial charge in [-0.3, -0.25) is 0 Å². The molecule has 1 atom stereocenters. The number of para-hydroxylation sites is 2. The summed E-state index contributed by atoms with van der Waals surface area (Å²) < 4.78 is 12.6. The van der Waals surface area contributed by atoms with Crippen molar-refractivity contribution in [2.24, 2.45) is 0 Å². The normalized spacial score (nSPS) is 15.4. The zero-order valence-electron chi connectivity index (χ0n) is 22.9. The van der Waals surface area contributed by atoms with E-state index in [0.29, 0.717) is 26.0 Å². The fraction of sp³-hybridized carbons (Fsp3) is 0.375. The highest BCUT2D eigenvalue weighted by Crippen LogP contribution is 2.34. The van der Waals surface area contributed by atoms with Gasteiger partial charge in [-0.05, 0) is 86.3 Å². The Labute approximate surface area is 226 Å². The highest BCUT2D eigenvalue weighted by molar-refractivity contribution is 5.86. The van der Waals surface area contributed by atoms with Crippen LogP contribution >= 0.6 is 0 Å². The van der Waals surface area contributed by atoms with Crippen LogP contribution in [-0.4, -0.2) is 55.9 Å². The van der Waals surface area contributed by atoms with Gasteiger partial charge < -0.3 is 29.6 Å². The lowest BCUT2D eigenvalue weighted by Crippen LogP contribution is -2.27. The fourth-order valence-corrected chi connectivity index (χ4v) is 5.00. The van der Waals surface area contributed by atoms with Gasteiger partial charge >= 0.3 is 0 Å². The number of fused-ring (bicyclic) bond motifs is 2. The first-order valence-corrected chi connectivity index (χ1v) is 13.8. The summed E-state index contributed by atoms with van der Waals surface area (Å²) in [7, 11) is 2.15. The van der Waals surface area contributed by atoms with Gasteiger partial charge in [-0.2, -0.15) is 0 Å². The van der Waals surface area contributed by atoms with Crippen molar-refractivity contribution in [2.45, 2.75) is 39.3 Å². The molecule has 0 fully saturated rings. The highest BCUT2D eigenvalue weighted by atomic mass is 16.5. The van der Waals surface area contributed by atoms with E-state index in [1.54, 1.807) is 0 Å². The Morgan fingerprint density at radius 1 is 1.05 bits per heavy atom. The quantitative estimate of drug-likeness (QED) is 0.218. The first kappa shape index (κ1) is 26.1. The van der Waals surface area contributed by atoms with Crippen LogP contribution in [0.4, 0.5) is 11.4 Å².